The molecule has 1 heterocycles. The maximum atomic E-state index is 9.06. The molecule has 0 bridgehead atoms. The Morgan fingerprint density at radius 2 is 2.00 bits per heavy atom. The van der Waals surface area contributed by atoms with Gasteiger partial charge in [-0.2, -0.15) is 0 Å². The fourth-order valence-electron chi connectivity index (χ4n) is 1.85. The summed E-state index contributed by atoms with van der Waals surface area (Å²) in [5, 5.41) is 12.3. The van der Waals surface area contributed by atoms with Crippen LogP contribution in [0.5, 0.6) is 0 Å². The lowest BCUT2D eigenvalue weighted by atomic mass is 9.76. The summed E-state index contributed by atoms with van der Waals surface area (Å²) in [7, 11) is 0. The van der Waals surface area contributed by atoms with Gasteiger partial charge in [-0.1, -0.05) is 20.8 Å². The lowest BCUT2D eigenvalue weighted by molar-refractivity contribution is 0.0255. The Bertz CT molecular complexity index is 181. The van der Waals surface area contributed by atoms with Gasteiger partial charge < -0.3 is 15.3 Å². The highest BCUT2D eigenvalue weighted by atomic mass is 16.3. The van der Waals surface area contributed by atoms with Gasteiger partial charge in [0.15, 0.2) is 0 Å². The molecule has 2 N–H and O–H groups in total. The van der Waals surface area contributed by atoms with Gasteiger partial charge in [0.25, 0.3) is 0 Å². The largest absolute Gasteiger partial charge is 0.392 e. The van der Waals surface area contributed by atoms with Gasteiger partial charge in [0, 0.05) is 32.7 Å². The molecule has 0 spiro atoms. The predicted octanol–water partition coefficient (Wildman–Crippen LogP) is 0.935. The van der Waals surface area contributed by atoms with E-state index >= 15 is 0 Å². The van der Waals surface area contributed by atoms with Crippen molar-refractivity contribution in [1.29, 1.82) is 0 Å². The Labute approximate surface area is 93.9 Å². The number of hydrogen-bond acceptors (Lipinski definition) is 3. The van der Waals surface area contributed by atoms with Crippen LogP contribution in [0.2, 0.25) is 0 Å². The third-order valence-corrected chi connectivity index (χ3v) is 3.23. The van der Waals surface area contributed by atoms with Crippen LogP contribution in [0.25, 0.3) is 0 Å². The molecule has 15 heavy (non-hydrogen) atoms. The van der Waals surface area contributed by atoms with Crippen molar-refractivity contribution in [3.05, 3.63) is 0 Å². The second-order valence-corrected chi connectivity index (χ2v) is 5.88. The fourth-order valence-corrected chi connectivity index (χ4v) is 1.85. The maximum Gasteiger partial charge on any atom is 0.0636 e. The summed E-state index contributed by atoms with van der Waals surface area (Å²) < 4.78 is 0. The molecule has 1 aliphatic heterocycles. The molecule has 3 nitrogen and oxygen atoms in total. The topological polar surface area (TPSA) is 35.5 Å². The molecule has 1 atom stereocenters. The molecule has 0 saturated carbocycles. The molecule has 0 aromatic heterocycles. The second-order valence-electron chi connectivity index (χ2n) is 5.88. The van der Waals surface area contributed by atoms with Gasteiger partial charge in [-0.25, -0.2) is 0 Å². The molecule has 0 radical (unpaired) electrons. The predicted molar refractivity (Wildman–Crippen MR) is 63.9 cm³/mol. The van der Waals surface area contributed by atoms with Gasteiger partial charge in [0.1, 0.15) is 0 Å². The van der Waals surface area contributed by atoms with Gasteiger partial charge in [0.05, 0.1) is 6.10 Å². The minimum atomic E-state index is -0.233. The van der Waals surface area contributed by atoms with Crippen LogP contribution < -0.4 is 5.32 Å². The Balaban J connectivity index is 1.99. The van der Waals surface area contributed by atoms with Crippen molar-refractivity contribution in [2.75, 3.05) is 32.7 Å². The van der Waals surface area contributed by atoms with Crippen molar-refractivity contribution >= 4 is 0 Å². The van der Waals surface area contributed by atoms with Crippen LogP contribution in [0.15, 0.2) is 0 Å². The molecule has 1 saturated heterocycles. The Hall–Kier alpha value is -0.120. The average Bonchev–Trinajstić information content (AvgIpc) is 1.96. The molecule has 1 fully saturated rings. The van der Waals surface area contributed by atoms with Crippen molar-refractivity contribution in [1.82, 2.24) is 10.2 Å². The average molecular weight is 214 g/mol. The van der Waals surface area contributed by atoms with E-state index in [4.69, 9.17) is 5.11 Å². The maximum absolute atomic E-state index is 9.06. The van der Waals surface area contributed by atoms with Crippen molar-refractivity contribution < 1.29 is 5.11 Å². The third kappa shape index (κ3) is 4.49. The molecule has 0 aliphatic carbocycles. The summed E-state index contributed by atoms with van der Waals surface area (Å²) in [6.07, 6.45) is -0.233. The van der Waals surface area contributed by atoms with Gasteiger partial charge in [-0.05, 0) is 18.3 Å². The zero-order valence-electron chi connectivity index (χ0n) is 10.6. The zero-order chi connectivity index (χ0) is 11.5. The fraction of sp³-hybridized carbons (Fsp3) is 1.00. The molecule has 1 unspecified atom stereocenters. The van der Waals surface area contributed by atoms with E-state index in [0.29, 0.717) is 12.0 Å². The van der Waals surface area contributed by atoms with Gasteiger partial charge >= 0.3 is 0 Å². The summed E-state index contributed by atoms with van der Waals surface area (Å²) in [6, 6.07) is 0. The molecule has 1 aliphatic rings. The highest BCUT2D eigenvalue weighted by Gasteiger charge is 2.34. The standard InChI is InChI=1S/C12H26N2O/c1-10(15)7-13-5-6-14-8-11(9-14)12(2,3)4/h10-11,13,15H,5-9H2,1-4H3. The quantitative estimate of drug-likeness (QED) is 0.669. The Kier molecular flexibility index (Phi) is 4.56. The summed E-state index contributed by atoms with van der Waals surface area (Å²) in [5.74, 6) is 0.856. The molecular formula is C12H26N2O. The molecule has 0 aromatic rings. The normalized spacial score (nSPS) is 21.4. The van der Waals surface area contributed by atoms with Crippen LogP contribution in [-0.4, -0.2) is 48.8 Å². The highest BCUT2D eigenvalue weighted by molar-refractivity contribution is 4.87. The van der Waals surface area contributed by atoms with Crippen molar-refractivity contribution in [3.63, 3.8) is 0 Å². The monoisotopic (exact) mass is 214 g/mol. The van der Waals surface area contributed by atoms with E-state index in [9.17, 15) is 0 Å². The minimum absolute atomic E-state index is 0.233. The van der Waals surface area contributed by atoms with Crippen LogP contribution in [0.1, 0.15) is 27.7 Å². The first-order valence-electron chi connectivity index (χ1n) is 6.00. The van der Waals surface area contributed by atoms with Crippen LogP contribution in [0.4, 0.5) is 0 Å². The number of hydrogen-bond donors (Lipinski definition) is 2. The van der Waals surface area contributed by atoms with Crippen LogP contribution >= 0.6 is 0 Å². The van der Waals surface area contributed by atoms with Crippen molar-refractivity contribution in [3.8, 4) is 0 Å². The number of aliphatic hydroxyl groups is 1. The molecule has 90 valence electrons. The van der Waals surface area contributed by atoms with E-state index in [1.54, 1.807) is 0 Å². The molecule has 3 heteroatoms. The van der Waals surface area contributed by atoms with E-state index < -0.39 is 0 Å². The molecular weight excluding hydrogens is 188 g/mol. The molecule has 0 amide bonds. The van der Waals surface area contributed by atoms with Crippen molar-refractivity contribution in [2.45, 2.75) is 33.8 Å². The summed E-state index contributed by atoms with van der Waals surface area (Å²) in [4.78, 5) is 2.48. The summed E-state index contributed by atoms with van der Waals surface area (Å²) in [6.45, 7) is 14.0. The van der Waals surface area contributed by atoms with Gasteiger partial charge in [-0.3, -0.25) is 0 Å². The van der Waals surface area contributed by atoms with Gasteiger partial charge in [-0.15, -0.1) is 0 Å². The minimum Gasteiger partial charge on any atom is -0.392 e. The summed E-state index contributed by atoms with van der Waals surface area (Å²) >= 11 is 0. The van der Waals surface area contributed by atoms with Crippen LogP contribution in [0, 0.1) is 11.3 Å². The lowest BCUT2D eigenvalue weighted by Crippen LogP contribution is -2.53. The summed E-state index contributed by atoms with van der Waals surface area (Å²) in [5.41, 5.74) is 0.462. The number of nitrogens with one attached hydrogen (secondary N) is 1. The number of aliphatic hydroxyl groups excluding tert-OH is 1. The van der Waals surface area contributed by atoms with E-state index in [2.05, 4.69) is 31.0 Å². The van der Waals surface area contributed by atoms with E-state index in [-0.39, 0.29) is 6.10 Å². The molecule has 0 aromatic carbocycles. The Morgan fingerprint density at radius 1 is 1.40 bits per heavy atom. The van der Waals surface area contributed by atoms with E-state index in [1.807, 2.05) is 6.92 Å². The third-order valence-electron chi connectivity index (χ3n) is 3.23. The van der Waals surface area contributed by atoms with E-state index in [0.717, 1.165) is 19.0 Å². The zero-order valence-corrected chi connectivity index (χ0v) is 10.6. The molecule has 1 rings (SSSR count). The van der Waals surface area contributed by atoms with Gasteiger partial charge in [0.2, 0.25) is 0 Å². The Morgan fingerprint density at radius 3 is 2.47 bits per heavy atom. The second kappa shape index (κ2) is 5.28. The van der Waals surface area contributed by atoms with Crippen LogP contribution in [-0.2, 0) is 0 Å². The smallest absolute Gasteiger partial charge is 0.0636 e. The van der Waals surface area contributed by atoms with Crippen LogP contribution in [0.3, 0.4) is 0 Å². The first-order chi connectivity index (χ1) is 6.89. The number of nitrogens with zero attached hydrogens (tertiary/aromatic N) is 1. The lowest BCUT2D eigenvalue weighted by Gasteiger charge is -2.46. The first-order valence-corrected chi connectivity index (χ1v) is 6.00. The van der Waals surface area contributed by atoms with E-state index in [1.165, 1.54) is 13.1 Å². The SMILES string of the molecule is CC(O)CNCCN1CC(C(C)(C)C)C1. The number of rotatable bonds is 5. The highest BCUT2D eigenvalue weighted by Crippen LogP contribution is 2.32. The first kappa shape index (κ1) is 12.9. The van der Waals surface area contributed by atoms with Crippen molar-refractivity contribution in [2.24, 2.45) is 11.3 Å². The number of likely N-dealkylation sites (tertiary alicyclic amines) is 1.